The van der Waals surface area contributed by atoms with Crippen LogP contribution in [0.4, 0.5) is 0 Å². The van der Waals surface area contributed by atoms with Crippen LogP contribution in [0.3, 0.4) is 0 Å². The van der Waals surface area contributed by atoms with Crippen LogP contribution in [-0.2, 0) is 6.42 Å². The third-order valence-corrected chi connectivity index (χ3v) is 10.8. The molecule has 0 aliphatic carbocycles. The van der Waals surface area contributed by atoms with Crippen molar-refractivity contribution >= 4 is 55.2 Å². The van der Waals surface area contributed by atoms with Crippen LogP contribution in [0.1, 0.15) is 37.0 Å². The smallest absolute Gasteiger partial charge is 0.136 e. The van der Waals surface area contributed by atoms with Crippen molar-refractivity contribution in [1.29, 1.82) is 5.26 Å². The molecule has 0 spiro atoms. The van der Waals surface area contributed by atoms with E-state index >= 15 is 0 Å². The van der Waals surface area contributed by atoms with Crippen LogP contribution in [0.25, 0.3) is 66.3 Å². The first-order valence-corrected chi connectivity index (χ1v) is 19.0. The number of benzene rings is 7. The van der Waals surface area contributed by atoms with E-state index in [0.717, 1.165) is 67.5 Å². The lowest BCUT2D eigenvalue weighted by Crippen LogP contribution is -2.13. The molecule has 0 fully saturated rings. The van der Waals surface area contributed by atoms with Gasteiger partial charge in [0.15, 0.2) is 0 Å². The van der Waals surface area contributed by atoms with Crippen molar-refractivity contribution in [3.05, 3.63) is 192 Å². The molecule has 9 rings (SSSR count). The Kier molecular flexibility index (Phi) is 8.90. The number of allylic oxidation sites excluding steroid dienone is 1. The number of fused-ring (bicyclic) bond motifs is 6. The second kappa shape index (κ2) is 14.5. The van der Waals surface area contributed by atoms with Gasteiger partial charge in [0.2, 0.25) is 0 Å². The standard InChI is InChI=1S/C51H39N3O/c1-3-34(2)50(53-51(37-20-11-6-12-21-37)39(33-52)30-35-16-7-4-8-17-35)38-26-28-42-44-32-40(27-29-47(44)55-48(42)31-38)54-45-24-14-13-22-43(45)49-41(23-15-25-46(49)54)36-18-9-5-10-19-36/h4-29,31-32,34H,3,30H2,1-2H3/b51-39+,53-50+. The number of rotatable bonds is 9. The van der Waals surface area contributed by atoms with E-state index < -0.39 is 0 Å². The van der Waals surface area contributed by atoms with Crippen LogP contribution in [0.2, 0.25) is 0 Å². The predicted octanol–water partition coefficient (Wildman–Crippen LogP) is 13.4. The zero-order chi connectivity index (χ0) is 37.3. The minimum Gasteiger partial charge on any atom is -0.456 e. The van der Waals surface area contributed by atoms with Gasteiger partial charge in [-0.3, -0.25) is 4.99 Å². The van der Waals surface area contributed by atoms with Crippen molar-refractivity contribution in [2.75, 3.05) is 0 Å². The lowest BCUT2D eigenvalue weighted by molar-refractivity contribution is 0.668. The summed E-state index contributed by atoms with van der Waals surface area (Å²) < 4.78 is 8.96. The molecule has 0 N–H and O–H groups in total. The lowest BCUT2D eigenvalue weighted by atomic mass is 9.94. The molecule has 0 bridgehead atoms. The van der Waals surface area contributed by atoms with Crippen LogP contribution in [0, 0.1) is 17.2 Å². The van der Waals surface area contributed by atoms with E-state index in [1.54, 1.807) is 0 Å². The molecule has 0 radical (unpaired) electrons. The van der Waals surface area contributed by atoms with E-state index in [9.17, 15) is 5.26 Å². The van der Waals surface area contributed by atoms with Crippen molar-refractivity contribution in [1.82, 2.24) is 4.57 Å². The number of hydrogen-bond acceptors (Lipinski definition) is 3. The average molecular weight is 710 g/mol. The van der Waals surface area contributed by atoms with Gasteiger partial charge in [-0.1, -0.05) is 141 Å². The third kappa shape index (κ3) is 6.20. The Bertz CT molecular complexity index is 2940. The summed E-state index contributed by atoms with van der Waals surface area (Å²) in [6.07, 6.45) is 1.40. The highest BCUT2D eigenvalue weighted by Crippen LogP contribution is 2.40. The van der Waals surface area contributed by atoms with Gasteiger partial charge in [-0.25, -0.2) is 0 Å². The highest BCUT2D eigenvalue weighted by atomic mass is 16.3. The second-order valence-corrected chi connectivity index (χ2v) is 14.2. The zero-order valence-corrected chi connectivity index (χ0v) is 30.9. The first-order chi connectivity index (χ1) is 27.1. The maximum Gasteiger partial charge on any atom is 0.136 e. The third-order valence-electron chi connectivity index (χ3n) is 10.8. The van der Waals surface area contributed by atoms with Crippen LogP contribution < -0.4 is 0 Å². The summed E-state index contributed by atoms with van der Waals surface area (Å²) in [4.78, 5) is 5.38. The summed E-state index contributed by atoms with van der Waals surface area (Å²) in [5.74, 6) is 0.139. The minimum absolute atomic E-state index is 0.139. The van der Waals surface area contributed by atoms with Gasteiger partial charge in [-0.15, -0.1) is 0 Å². The highest BCUT2D eigenvalue weighted by Gasteiger charge is 2.20. The second-order valence-electron chi connectivity index (χ2n) is 14.2. The molecule has 2 aromatic heterocycles. The Morgan fingerprint density at radius 3 is 2.13 bits per heavy atom. The number of nitrogens with zero attached hydrogens (tertiary/aromatic N) is 3. The van der Waals surface area contributed by atoms with Gasteiger partial charge in [0.1, 0.15) is 11.2 Å². The molecular weight excluding hydrogens is 671 g/mol. The van der Waals surface area contributed by atoms with Gasteiger partial charge in [-0.2, -0.15) is 5.26 Å². The van der Waals surface area contributed by atoms with E-state index in [4.69, 9.17) is 9.41 Å². The average Bonchev–Trinajstić information content (AvgIpc) is 3.79. The number of aromatic nitrogens is 1. The van der Waals surface area contributed by atoms with Gasteiger partial charge in [0.25, 0.3) is 0 Å². The van der Waals surface area contributed by atoms with Crippen LogP contribution >= 0.6 is 0 Å². The van der Waals surface area contributed by atoms with Gasteiger partial charge >= 0.3 is 0 Å². The topological polar surface area (TPSA) is 54.2 Å². The van der Waals surface area contributed by atoms with Crippen molar-refractivity contribution in [3.63, 3.8) is 0 Å². The fourth-order valence-corrected chi connectivity index (χ4v) is 7.87. The number of para-hydroxylation sites is 1. The molecule has 2 heterocycles. The van der Waals surface area contributed by atoms with Gasteiger partial charge in [0.05, 0.1) is 34.1 Å². The minimum atomic E-state index is 0.139. The van der Waals surface area contributed by atoms with Crippen LogP contribution in [0.5, 0.6) is 0 Å². The maximum atomic E-state index is 10.5. The molecule has 0 saturated heterocycles. The summed E-state index contributed by atoms with van der Waals surface area (Å²) >= 11 is 0. The summed E-state index contributed by atoms with van der Waals surface area (Å²) in [5, 5.41) is 15.1. The van der Waals surface area contributed by atoms with Crippen molar-refractivity contribution in [3.8, 4) is 22.9 Å². The molecule has 4 nitrogen and oxygen atoms in total. The lowest BCUT2D eigenvalue weighted by Gasteiger charge is -2.16. The van der Waals surface area contributed by atoms with Crippen molar-refractivity contribution in [2.45, 2.75) is 26.7 Å². The van der Waals surface area contributed by atoms with Crippen molar-refractivity contribution in [2.24, 2.45) is 10.9 Å². The number of aliphatic imine (C=N–C) groups is 1. The molecule has 4 heteroatoms. The van der Waals surface area contributed by atoms with E-state index in [-0.39, 0.29) is 5.92 Å². The monoisotopic (exact) mass is 709 g/mol. The normalized spacial score (nSPS) is 13.0. The van der Waals surface area contributed by atoms with E-state index in [2.05, 4.69) is 146 Å². The molecule has 0 aliphatic heterocycles. The molecule has 0 saturated carbocycles. The Morgan fingerprint density at radius 1 is 0.655 bits per heavy atom. The predicted molar refractivity (Wildman–Crippen MR) is 229 cm³/mol. The largest absolute Gasteiger partial charge is 0.456 e. The fourth-order valence-electron chi connectivity index (χ4n) is 7.87. The van der Waals surface area contributed by atoms with Gasteiger partial charge in [-0.05, 0) is 77.1 Å². The Balaban J connectivity index is 1.18. The molecular formula is C51H39N3O. The van der Waals surface area contributed by atoms with Crippen LogP contribution in [-0.4, -0.2) is 10.3 Å². The Hall–Kier alpha value is -6.96. The number of furan rings is 1. The first kappa shape index (κ1) is 33.8. The quantitative estimate of drug-likeness (QED) is 0.111. The molecule has 0 aliphatic rings. The number of hydrogen-bond donors (Lipinski definition) is 0. The summed E-state index contributed by atoms with van der Waals surface area (Å²) in [6.45, 7) is 4.38. The number of nitriles is 1. The Morgan fingerprint density at radius 2 is 1.36 bits per heavy atom. The molecule has 55 heavy (non-hydrogen) atoms. The van der Waals surface area contributed by atoms with E-state index in [0.29, 0.717) is 17.7 Å². The SMILES string of the molecule is CCC(C)/C(=N\C(=C(\C#N)Cc1ccccc1)c1ccccc1)c1ccc2c(c1)oc1ccc(-n3c4ccccc4c4c(-c5ccccc5)cccc43)cc12. The van der Waals surface area contributed by atoms with Gasteiger partial charge < -0.3 is 8.98 Å². The fraction of sp³-hybridized carbons (Fsp3) is 0.0980. The van der Waals surface area contributed by atoms with Crippen LogP contribution in [0.15, 0.2) is 185 Å². The summed E-state index contributed by atoms with van der Waals surface area (Å²) in [7, 11) is 0. The van der Waals surface area contributed by atoms with Crippen molar-refractivity contribution < 1.29 is 4.42 Å². The molecule has 1 unspecified atom stereocenters. The first-order valence-electron chi connectivity index (χ1n) is 19.0. The Labute approximate surface area is 320 Å². The molecule has 7 aromatic carbocycles. The summed E-state index contributed by atoms with van der Waals surface area (Å²) in [5.41, 5.74) is 12.7. The van der Waals surface area contributed by atoms with Gasteiger partial charge in [0, 0.05) is 39.2 Å². The molecule has 0 amide bonds. The highest BCUT2D eigenvalue weighted by molar-refractivity contribution is 6.16. The molecule has 1 atom stereocenters. The summed E-state index contributed by atoms with van der Waals surface area (Å²) in [6, 6.07) is 61.6. The molecule has 264 valence electrons. The molecule has 9 aromatic rings. The van der Waals surface area contributed by atoms with E-state index in [1.165, 1.54) is 21.9 Å². The van der Waals surface area contributed by atoms with E-state index in [1.807, 2.05) is 48.5 Å². The maximum absolute atomic E-state index is 10.5. The zero-order valence-electron chi connectivity index (χ0n) is 30.9.